The van der Waals surface area contributed by atoms with Crippen LogP contribution in [-0.2, 0) is 9.59 Å². The summed E-state index contributed by atoms with van der Waals surface area (Å²) in [5.41, 5.74) is 2.55. The maximum absolute atomic E-state index is 13.1. The number of hydrogen-bond acceptors (Lipinski definition) is 5. The number of benzene rings is 2. The minimum Gasteiger partial charge on any atom is -0.291 e. The highest BCUT2D eigenvalue weighted by molar-refractivity contribution is 7.18. The van der Waals surface area contributed by atoms with Crippen molar-refractivity contribution in [2.45, 2.75) is 38.1 Å². The Morgan fingerprint density at radius 3 is 2.60 bits per heavy atom. The molecule has 3 heterocycles. The lowest BCUT2D eigenvalue weighted by Gasteiger charge is -2.34. The summed E-state index contributed by atoms with van der Waals surface area (Å²) in [6.45, 7) is 3.50. The number of piperidine rings is 1. The zero-order chi connectivity index (χ0) is 20.8. The van der Waals surface area contributed by atoms with Gasteiger partial charge in [0.05, 0.1) is 33.4 Å². The number of aromatic nitrogens is 1. The molecule has 2 aromatic carbocycles. The number of thiazole rings is 1. The molecule has 0 aliphatic carbocycles. The fourth-order valence-electron chi connectivity index (χ4n) is 4.42. The fourth-order valence-corrected chi connectivity index (χ4v) is 5.73. The topological polar surface area (TPSA) is 53.5 Å². The number of likely N-dealkylation sites (tertiary alicyclic amines) is 1. The van der Waals surface area contributed by atoms with Gasteiger partial charge in [-0.3, -0.25) is 14.5 Å². The van der Waals surface area contributed by atoms with Crippen molar-refractivity contribution in [3.05, 3.63) is 58.1 Å². The average molecular weight is 440 g/mol. The largest absolute Gasteiger partial charge is 0.291 e. The number of aryl methyl sites for hydroxylation is 1. The second-order valence-corrected chi connectivity index (χ2v) is 9.52. The van der Waals surface area contributed by atoms with Gasteiger partial charge in [-0.15, -0.1) is 11.3 Å². The number of rotatable bonds is 3. The molecule has 2 saturated heterocycles. The maximum atomic E-state index is 13.1. The lowest BCUT2D eigenvalue weighted by atomic mass is 9.96. The number of para-hydroxylation sites is 1. The van der Waals surface area contributed by atoms with Crippen molar-refractivity contribution < 1.29 is 9.59 Å². The van der Waals surface area contributed by atoms with Gasteiger partial charge in [0.15, 0.2) is 0 Å². The average Bonchev–Trinajstić information content (AvgIpc) is 3.31. The van der Waals surface area contributed by atoms with E-state index < -0.39 is 0 Å². The molecule has 2 fully saturated rings. The smallest absolute Gasteiger partial charge is 0.251 e. The molecule has 7 heteroatoms. The third-order valence-corrected chi connectivity index (χ3v) is 7.77. The Balaban J connectivity index is 1.28. The normalized spacial score (nSPS) is 21.1. The molecule has 0 saturated carbocycles. The molecule has 0 radical (unpaired) electrons. The van der Waals surface area contributed by atoms with Crippen LogP contribution in [0.3, 0.4) is 0 Å². The predicted octanol–water partition coefficient (Wildman–Crippen LogP) is 4.77. The molecule has 1 aromatic heterocycles. The van der Waals surface area contributed by atoms with E-state index in [2.05, 4.69) is 17.0 Å². The maximum Gasteiger partial charge on any atom is 0.251 e. The summed E-state index contributed by atoms with van der Waals surface area (Å²) in [7, 11) is 0. The molecular formula is C23H22ClN3O2S. The Kier molecular flexibility index (Phi) is 5.09. The standard InChI is InChI=1S/C23H22ClN3O2S/c1-14-6-7-16(12-17(14)24)27-21(28)13-19(23(27)29)26-10-8-15(9-11-26)22-25-18-4-2-3-5-20(18)30-22/h2-7,12,15,19H,8-11,13H2,1H3. The number of carbonyl (C=O) groups excluding carboxylic acids is 2. The van der Waals surface area contributed by atoms with Gasteiger partial charge in [0.25, 0.3) is 5.91 Å². The van der Waals surface area contributed by atoms with Gasteiger partial charge in [-0.05, 0) is 62.7 Å². The molecule has 30 heavy (non-hydrogen) atoms. The van der Waals surface area contributed by atoms with Gasteiger partial charge in [-0.25, -0.2) is 9.88 Å². The Labute approximate surface area is 184 Å². The predicted molar refractivity (Wildman–Crippen MR) is 120 cm³/mol. The number of hydrogen-bond donors (Lipinski definition) is 0. The first-order chi connectivity index (χ1) is 14.5. The summed E-state index contributed by atoms with van der Waals surface area (Å²) in [5, 5.41) is 1.74. The summed E-state index contributed by atoms with van der Waals surface area (Å²) in [6, 6.07) is 13.2. The number of fused-ring (bicyclic) bond motifs is 1. The zero-order valence-corrected chi connectivity index (χ0v) is 18.2. The van der Waals surface area contributed by atoms with Crippen LogP contribution in [0, 0.1) is 6.92 Å². The van der Waals surface area contributed by atoms with E-state index in [0.717, 1.165) is 37.0 Å². The lowest BCUT2D eigenvalue weighted by Crippen LogP contribution is -2.45. The van der Waals surface area contributed by atoms with E-state index in [-0.39, 0.29) is 24.3 Å². The SMILES string of the molecule is Cc1ccc(N2C(=O)CC(N3CCC(c4nc5ccccc5s4)CC3)C2=O)cc1Cl. The van der Waals surface area contributed by atoms with E-state index in [9.17, 15) is 9.59 Å². The van der Waals surface area contributed by atoms with Gasteiger partial charge in [0.2, 0.25) is 5.91 Å². The van der Waals surface area contributed by atoms with Crippen LogP contribution in [0.2, 0.25) is 5.02 Å². The van der Waals surface area contributed by atoms with Crippen molar-refractivity contribution in [2.75, 3.05) is 18.0 Å². The van der Waals surface area contributed by atoms with Gasteiger partial charge < -0.3 is 0 Å². The van der Waals surface area contributed by atoms with Crippen molar-refractivity contribution >= 4 is 50.7 Å². The van der Waals surface area contributed by atoms with Crippen LogP contribution in [0.1, 0.15) is 35.8 Å². The Bertz CT molecular complexity index is 1100. The van der Waals surface area contributed by atoms with Crippen molar-refractivity contribution in [3.8, 4) is 0 Å². The van der Waals surface area contributed by atoms with Gasteiger partial charge >= 0.3 is 0 Å². The van der Waals surface area contributed by atoms with Crippen LogP contribution in [0.25, 0.3) is 10.2 Å². The second-order valence-electron chi connectivity index (χ2n) is 8.05. The molecule has 5 nitrogen and oxygen atoms in total. The van der Waals surface area contributed by atoms with E-state index in [1.54, 1.807) is 23.5 Å². The van der Waals surface area contributed by atoms with E-state index in [0.29, 0.717) is 16.6 Å². The minimum atomic E-state index is -0.381. The third kappa shape index (κ3) is 3.43. The second kappa shape index (κ2) is 7.76. The fraction of sp³-hybridized carbons (Fsp3) is 0.348. The molecule has 3 aromatic rings. The quantitative estimate of drug-likeness (QED) is 0.551. The summed E-state index contributed by atoms with van der Waals surface area (Å²) < 4.78 is 1.22. The first kappa shape index (κ1) is 19.7. The van der Waals surface area contributed by atoms with Crippen molar-refractivity contribution in [1.82, 2.24) is 9.88 Å². The molecular weight excluding hydrogens is 418 g/mol. The highest BCUT2D eigenvalue weighted by Crippen LogP contribution is 2.36. The number of imide groups is 1. The number of amides is 2. The molecule has 0 bridgehead atoms. The molecule has 0 spiro atoms. The monoisotopic (exact) mass is 439 g/mol. The Morgan fingerprint density at radius 2 is 1.87 bits per heavy atom. The Hall–Kier alpha value is -2.28. The lowest BCUT2D eigenvalue weighted by molar-refractivity contribution is -0.123. The molecule has 1 unspecified atom stereocenters. The van der Waals surface area contributed by atoms with Crippen LogP contribution in [-0.4, -0.2) is 40.8 Å². The molecule has 1 atom stereocenters. The van der Waals surface area contributed by atoms with Gasteiger partial charge in [-0.1, -0.05) is 29.8 Å². The van der Waals surface area contributed by atoms with E-state index >= 15 is 0 Å². The minimum absolute atomic E-state index is 0.140. The first-order valence-corrected chi connectivity index (χ1v) is 11.4. The zero-order valence-electron chi connectivity index (χ0n) is 16.7. The van der Waals surface area contributed by atoms with Crippen molar-refractivity contribution in [3.63, 3.8) is 0 Å². The van der Waals surface area contributed by atoms with E-state index in [4.69, 9.17) is 16.6 Å². The molecule has 154 valence electrons. The van der Waals surface area contributed by atoms with E-state index in [1.807, 2.05) is 25.1 Å². The molecule has 2 amide bonds. The van der Waals surface area contributed by atoms with Crippen LogP contribution < -0.4 is 4.90 Å². The van der Waals surface area contributed by atoms with Crippen LogP contribution >= 0.6 is 22.9 Å². The first-order valence-electron chi connectivity index (χ1n) is 10.2. The van der Waals surface area contributed by atoms with Crippen LogP contribution in [0.15, 0.2) is 42.5 Å². The number of anilines is 1. The highest BCUT2D eigenvalue weighted by Gasteiger charge is 2.43. The Morgan fingerprint density at radius 1 is 1.10 bits per heavy atom. The number of nitrogens with zero attached hydrogens (tertiary/aromatic N) is 3. The number of halogens is 1. The van der Waals surface area contributed by atoms with Crippen LogP contribution in [0.4, 0.5) is 5.69 Å². The summed E-state index contributed by atoms with van der Waals surface area (Å²) in [4.78, 5) is 34.0. The molecule has 2 aliphatic heterocycles. The highest BCUT2D eigenvalue weighted by atomic mass is 35.5. The summed E-state index contributed by atoms with van der Waals surface area (Å²) >= 11 is 7.98. The summed E-state index contributed by atoms with van der Waals surface area (Å²) in [5.74, 6) is 0.120. The van der Waals surface area contributed by atoms with Gasteiger partial charge in [0, 0.05) is 10.9 Å². The van der Waals surface area contributed by atoms with Gasteiger partial charge in [-0.2, -0.15) is 0 Å². The van der Waals surface area contributed by atoms with Gasteiger partial charge in [0.1, 0.15) is 0 Å². The van der Waals surface area contributed by atoms with Crippen molar-refractivity contribution in [2.24, 2.45) is 0 Å². The summed E-state index contributed by atoms with van der Waals surface area (Å²) in [6.07, 6.45) is 2.14. The number of carbonyl (C=O) groups is 2. The van der Waals surface area contributed by atoms with Crippen LogP contribution in [0.5, 0.6) is 0 Å². The third-order valence-electron chi connectivity index (χ3n) is 6.17. The molecule has 0 N–H and O–H groups in total. The van der Waals surface area contributed by atoms with Crippen molar-refractivity contribution in [1.29, 1.82) is 0 Å². The molecule has 2 aliphatic rings. The van der Waals surface area contributed by atoms with E-state index in [1.165, 1.54) is 14.6 Å². The molecule has 5 rings (SSSR count).